The van der Waals surface area contributed by atoms with Crippen LogP contribution in [0.2, 0.25) is 0 Å². The van der Waals surface area contributed by atoms with E-state index < -0.39 is 0 Å². The smallest absolute Gasteiger partial charge is 0.276 e. The molecule has 10 nitrogen and oxygen atoms in total. The van der Waals surface area contributed by atoms with Crippen molar-refractivity contribution in [1.29, 1.82) is 0 Å². The van der Waals surface area contributed by atoms with Crippen molar-refractivity contribution in [3.05, 3.63) is 71.8 Å². The van der Waals surface area contributed by atoms with Crippen molar-refractivity contribution < 1.29 is 22.9 Å². The summed E-state index contributed by atoms with van der Waals surface area (Å²) in [5.41, 5.74) is 1.48. The van der Waals surface area contributed by atoms with Gasteiger partial charge in [-0.3, -0.25) is 14.7 Å². The Bertz CT molecular complexity index is 1180. The van der Waals surface area contributed by atoms with Gasteiger partial charge in [-0.15, -0.1) is 0 Å². The van der Waals surface area contributed by atoms with E-state index in [1.54, 1.807) is 47.6 Å². The second-order valence-corrected chi connectivity index (χ2v) is 7.59. The number of piperidine rings is 1. The first-order chi connectivity index (χ1) is 15.7. The van der Waals surface area contributed by atoms with Crippen molar-refractivity contribution >= 4 is 11.8 Å². The molecule has 0 aromatic carbocycles. The minimum absolute atomic E-state index is 0.174. The van der Waals surface area contributed by atoms with Gasteiger partial charge < -0.3 is 23.6 Å². The number of rotatable bonds is 6. The average molecular weight is 435 g/mol. The highest BCUT2D eigenvalue weighted by Gasteiger charge is 2.28. The number of nitrogens with zero attached hydrogens (tertiary/aromatic N) is 3. The molecular weight excluding hydrogens is 414 g/mol. The molecule has 2 amide bonds. The number of aromatic amines is 1. The van der Waals surface area contributed by atoms with Crippen LogP contribution in [0.25, 0.3) is 11.5 Å². The molecule has 0 unspecified atom stereocenters. The maximum absolute atomic E-state index is 12.8. The van der Waals surface area contributed by atoms with Gasteiger partial charge in [0.1, 0.15) is 11.5 Å². The van der Waals surface area contributed by atoms with Crippen molar-refractivity contribution in [2.75, 3.05) is 13.1 Å². The van der Waals surface area contributed by atoms with Gasteiger partial charge in [0, 0.05) is 30.8 Å². The SMILES string of the molecule is O=C(NCc1ccco1)c1cc(C2CCN(C(=O)c3cc(-c4ccco4)on3)CC2)[nH]n1. The molecule has 0 saturated carbocycles. The van der Waals surface area contributed by atoms with Crippen molar-refractivity contribution in [3.63, 3.8) is 0 Å². The highest BCUT2D eigenvalue weighted by Crippen LogP contribution is 2.28. The van der Waals surface area contributed by atoms with Gasteiger partial charge in [0.2, 0.25) is 5.76 Å². The molecule has 5 heterocycles. The van der Waals surface area contributed by atoms with Crippen LogP contribution < -0.4 is 5.32 Å². The fraction of sp³-hybridized carbons (Fsp3) is 0.273. The minimum Gasteiger partial charge on any atom is -0.467 e. The van der Waals surface area contributed by atoms with Gasteiger partial charge >= 0.3 is 0 Å². The number of aromatic nitrogens is 3. The van der Waals surface area contributed by atoms with E-state index >= 15 is 0 Å². The molecule has 1 aliphatic rings. The molecule has 1 fully saturated rings. The van der Waals surface area contributed by atoms with E-state index in [-0.39, 0.29) is 23.4 Å². The molecular formula is C22H21N5O5. The number of amides is 2. The number of furan rings is 2. The Morgan fingerprint density at radius 2 is 1.88 bits per heavy atom. The van der Waals surface area contributed by atoms with E-state index in [9.17, 15) is 9.59 Å². The first-order valence-electron chi connectivity index (χ1n) is 10.3. The maximum Gasteiger partial charge on any atom is 0.276 e. The molecule has 0 aliphatic carbocycles. The zero-order chi connectivity index (χ0) is 21.9. The Hall–Kier alpha value is -4.08. The summed E-state index contributed by atoms with van der Waals surface area (Å²) >= 11 is 0. The van der Waals surface area contributed by atoms with Crippen molar-refractivity contribution in [3.8, 4) is 11.5 Å². The topological polar surface area (TPSA) is 130 Å². The van der Waals surface area contributed by atoms with Gasteiger partial charge in [-0.2, -0.15) is 5.10 Å². The summed E-state index contributed by atoms with van der Waals surface area (Å²) in [6, 6.07) is 10.4. The molecule has 1 aliphatic heterocycles. The summed E-state index contributed by atoms with van der Waals surface area (Å²) in [6.45, 7) is 1.45. The lowest BCUT2D eigenvalue weighted by Gasteiger charge is -2.30. The van der Waals surface area contributed by atoms with E-state index in [1.807, 2.05) is 0 Å². The quantitative estimate of drug-likeness (QED) is 0.475. The molecule has 4 aromatic rings. The summed E-state index contributed by atoms with van der Waals surface area (Å²) < 4.78 is 15.7. The Labute approximate surface area is 182 Å². The molecule has 0 atom stereocenters. The van der Waals surface area contributed by atoms with Crippen LogP contribution in [-0.4, -0.2) is 45.2 Å². The van der Waals surface area contributed by atoms with Gasteiger partial charge in [-0.05, 0) is 43.2 Å². The fourth-order valence-electron chi connectivity index (χ4n) is 3.80. The zero-order valence-corrected chi connectivity index (χ0v) is 17.1. The lowest BCUT2D eigenvalue weighted by molar-refractivity contribution is 0.0701. The zero-order valence-electron chi connectivity index (χ0n) is 17.1. The molecule has 2 N–H and O–H groups in total. The predicted molar refractivity (Wildman–Crippen MR) is 111 cm³/mol. The van der Waals surface area contributed by atoms with Crippen LogP contribution in [0.15, 0.2) is 62.3 Å². The standard InChI is InChI=1S/C22H21N5O5/c28-21(23-13-15-3-1-9-30-15)17-11-16(24-25-17)14-5-7-27(8-6-14)22(29)18-12-20(32-26-18)19-4-2-10-31-19/h1-4,9-12,14H,5-8,13H2,(H,23,28)(H,24,25). The van der Waals surface area contributed by atoms with Gasteiger partial charge in [-0.25, -0.2) is 0 Å². The lowest BCUT2D eigenvalue weighted by atomic mass is 9.93. The second kappa shape index (κ2) is 8.58. The molecule has 0 spiro atoms. The van der Waals surface area contributed by atoms with Crippen LogP contribution in [0, 0.1) is 0 Å². The number of H-pyrrole nitrogens is 1. The summed E-state index contributed by atoms with van der Waals surface area (Å²) in [4.78, 5) is 26.8. The Kier molecular flexibility index (Phi) is 5.32. The number of hydrogen-bond acceptors (Lipinski definition) is 7. The minimum atomic E-state index is -0.269. The maximum atomic E-state index is 12.8. The summed E-state index contributed by atoms with van der Waals surface area (Å²) in [5, 5.41) is 13.8. The van der Waals surface area contributed by atoms with Gasteiger partial charge in [-0.1, -0.05) is 5.16 Å². The lowest BCUT2D eigenvalue weighted by Crippen LogP contribution is -2.38. The van der Waals surface area contributed by atoms with Gasteiger partial charge in [0.15, 0.2) is 11.5 Å². The Balaban J connectivity index is 1.15. The van der Waals surface area contributed by atoms with E-state index in [4.69, 9.17) is 13.4 Å². The highest BCUT2D eigenvalue weighted by molar-refractivity contribution is 5.93. The van der Waals surface area contributed by atoms with Gasteiger partial charge in [0.25, 0.3) is 11.8 Å². The van der Waals surface area contributed by atoms with E-state index in [0.717, 1.165) is 18.5 Å². The molecule has 0 bridgehead atoms. The molecule has 4 aromatic heterocycles. The fourth-order valence-corrected chi connectivity index (χ4v) is 3.80. The number of hydrogen-bond donors (Lipinski definition) is 2. The van der Waals surface area contributed by atoms with Crippen LogP contribution in [-0.2, 0) is 6.54 Å². The molecule has 32 heavy (non-hydrogen) atoms. The Morgan fingerprint density at radius 3 is 2.62 bits per heavy atom. The first-order valence-corrected chi connectivity index (χ1v) is 10.3. The Morgan fingerprint density at radius 1 is 1.06 bits per heavy atom. The number of carbonyl (C=O) groups excluding carboxylic acids is 2. The number of nitrogens with one attached hydrogen (secondary N) is 2. The average Bonchev–Trinajstić information content (AvgIpc) is 3.64. The number of carbonyl (C=O) groups is 2. The highest BCUT2D eigenvalue weighted by atomic mass is 16.5. The normalized spacial score (nSPS) is 14.6. The van der Waals surface area contributed by atoms with E-state index in [1.165, 1.54) is 6.26 Å². The molecule has 164 valence electrons. The van der Waals surface area contributed by atoms with Crippen molar-refractivity contribution in [1.82, 2.24) is 25.6 Å². The number of likely N-dealkylation sites (tertiary alicyclic amines) is 1. The predicted octanol–water partition coefficient (Wildman–Crippen LogP) is 3.20. The largest absolute Gasteiger partial charge is 0.467 e. The molecule has 5 rings (SSSR count). The molecule has 10 heteroatoms. The monoisotopic (exact) mass is 435 g/mol. The summed E-state index contributed by atoms with van der Waals surface area (Å²) in [7, 11) is 0. The van der Waals surface area contributed by atoms with E-state index in [2.05, 4.69) is 20.7 Å². The summed E-state index contributed by atoms with van der Waals surface area (Å²) in [6.07, 6.45) is 4.61. The molecule has 0 radical (unpaired) electrons. The van der Waals surface area contributed by atoms with Crippen LogP contribution in [0.4, 0.5) is 0 Å². The first kappa shape index (κ1) is 19.9. The van der Waals surface area contributed by atoms with Crippen LogP contribution >= 0.6 is 0 Å². The van der Waals surface area contributed by atoms with Crippen LogP contribution in [0.5, 0.6) is 0 Å². The van der Waals surface area contributed by atoms with Crippen molar-refractivity contribution in [2.45, 2.75) is 25.3 Å². The third-order valence-electron chi connectivity index (χ3n) is 5.55. The third kappa shape index (κ3) is 4.07. The summed E-state index contributed by atoms with van der Waals surface area (Å²) in [5.74, 6) is 1.37. The molecule has 1 saturated heterocycles. The van der Waals surface area contributed by atoms with Crippen LogP contribution in [0.1, 0.15) is 51.2 Å². The van der Waals surface area contributed by atoms with Crippen molar-refractivity contribution in [2.24, 2.45) is 0 Å². The van der Waals surface area contributed by atoms with Crippen LogP contribution in [0.3, 0.4) is 0 Å². The van der Waals surface area contributed by atoms with E-state index in [0.29, 0.717) is 42.6 Å². The second-order valence-electron chi connectivity index (χ2n) is 7.59. The van der Waals surface area contributed by atoms with Gasteiger partial charge in [0.05, 0.1) is 19.1 Å². The third-order valence-corrected chi connectivity index (χ3v) is 5.55.